The average Bonchev–Trinajstić information content (AvgIpc) is 2.38. The van der Waals surface area contributed by atoms with Gasteiger partial charge < -0.3 is 0 Å². The van der Waals surface area contributed by atoms with E-state index in [1.165, 1.54) is 11.1 Å². The van der Waals surface area contributed by atoms with Crippen molar-refractivity contribution in [2.45, 2.75) is 6.54 Å². The molecule has 0 amide bonds. The van der Waals surface area contributed by atoms with Crippen molar-refractivity contribution >= 4 is 17.4 Å². The normalized spacial score (nSPS) is 9.50. The van der Waals surface area contributed by atoms with Gasteiger partial charge in [-0.25, -0.2) is 4.99 Å². The third kappa shape index (κ3) is 2.63. The molecule has 0 aliphatic rings. The average molecular weight is 225 g/mol. The summed E-state index contributed by atoms with van der Waals surface area (Å²) in [5, 5.41) is 2.37. The Labute approximate surface area is 100 Å². The molecule has 0 aliphatic carbocycles. The summed E-state index contributed by atoms with van der Waals surface area (Å²) < 4.78 is 0. The highest BCUT2D eigenvalue weighted by molar-refractivity contribution is 7.78. The molecule has 0 unspecified atom stereocenters. The topological polar surface area (TPSA) is 12.4 Å². The summed E-state index contributed by atoms with van der Waals surface area (Å²) in [7, 11) is 0. The van der Waals surface area contributed by atoms with Gasteiger partial charge in [0.05, 0.1) is 11.7 Å². The molecule has 0 fully saturated rings. The van der Waals surface area contributed by atoms with Crippen molar-refractivity contribution in [1.82, 2.24) is 0 Å². The maximum atomic E-state index is 4.54. The van der Waals surface area contributed by atoms with E-state index in [4.69, 9.17) is 0 Å². The Hall–Kier alpha value is -1.76. The van der Waals surface area contributed by atoms with E-state index >= 15 is 0 Å². The zero-order valence-corrected chi connectivity index (χ0v) is 9.58. The van der Waals surface area contributed by atoms with Crippen molar-refractivity contribution in [2.24, 2.45) is 4.99 Å². The molecule has 0 aliphatic heterocycles. The minimum atomic E-state index is 0.610. The molecule has 2 heteroatoms. The summed E-state index contributed by atoms with van der Waals surface area (Å²) >= 11 is 4.54. The first-order chi connectivity index (χ1) is 7.90. The van der Waals surface area contributed by atoms with Crippen molar-refractivity contribution in [3.63, 3.8) is 0 Å². The van der Waals surface area contributed by atoms with Crippen molar-refractivity contribution in [3.8, 4) is 11.1 Å². The molecule has 0 heterocycles. The first-order valence-electron chi connectivity index (χ1n) is 5.08. The monoisotopic (exact) mass is 225 g/mol. The highest BCUT2D eigenvalue weighted by atomic mass is 32.1. The fourth-order valence-corrected chi connectivity index (χ4v) is 1.62. The summed E-state index contributed by atoms with van der Waals surface area (Å²) in [5.41, 5.74) is 3.60. The summed E-state index contributed by atoms with van der Waals surface area (Å²) in [6.07, 6.45) is 0. The lowest BCUT2D eigenvalue weighted by Gasteiger charge is -2.02. The maximum absolute atomic E-state index is 4.54. The second kappa shape index (κ2) is 5.36. The lowest BCUT2D eigenvalue weighted by molar-refractivity contribution is 1.08. The molecule has 0 N–H and O–H groups in total. The lowest BCUT2D eigenvalue weighted by atomic mass is 10.0. The summed E-state index contributed by atoms with van der Waals surface area (Å²) in [6.45, 7) is 0.610. The number of hydrogen-bond acceptors (Lipinski definition) is 2. The molecule has 0 aromatic heterocycles. The number of hydrogen-bond donors (Lipinski definition) is 0. The molecule has 2 aromatic rings. The molecule has 1 nitrogen and oxygen atoms in total. The third-order valence-corrected chi connectivity index (χ3v) is 2.52. The van der Waals surface area contributed by atoms with E-state index in [0.717, 1.165) is 5.56 Å². The first-order valence-corrected chi connectivity index (χ1v) is 5.49. The van der Waals surface area contributed by atoms with E-state index in [0.29, 0.717) is 6.54 Å². The molecule has 0 atom stereocenters. The number of nitrogens with zero attached hydrogens (tertiary/aromatic N) is 1. The Bertz CT molecular complexity index is 496. The number of thiocarbonyl (C=S) groups is 1. The molecular weight excluding hydrogens is 214 g/mol. The third-order valence-electron chi connectivity index (χ3n) is 2.39. The highest BCUT2D eigenvalue weighted by Crippen LogP contribution is 2.19. The van der Waals surface area contributed by atoms with Crippen LogP contribution in [-0.4, -0.2) is 5.16 Å². The van der Waals surface area contributed by atoms with Crippen LogP contribution in [0, 0.1) is 0 Å². The fourth-order valence-electron chi connectivity index (χ4n) is 1.56. The quantitative estimate of drug-likeness (QED) is 0.569. The molecule has 2 aromatic carbocycles. The van der Waals surface area contributed by atoms with Gasteiger partial charge in [-0.15, -0.1) is 0 Å². The molecule has 16 heavy (non-hydrogen) atoms. The largest absolute Gasteiger partial charge is 0.228 e. The van der Waals surface area contributed by atoms with E-state index in [9.17, 15) is 0 Å². The van der Waals surface area contributed by atoms with Gasteiger partial charge in [0.15, 0.2) is 0 Å². The van der Waals surface area contributed by atoms with E-state index in [1.54, 1.807) is 0 Å². The van der Waals surface area contributed by atoms with Gasteiger partial charge in [-0.05, 0) is 28.9 Å². The number of aliphatic imine (C=N–C) groups is 1. The molecular formula is C14H11NS. The maximum Gasteiger partial charge on any atom is 0.0743 e. The Balaban J connectivity index is 2.23. The van der Waals surface area contributed by atoms with Gasteiger partial charge in [0.25, 0.3) is 0 Å². The predicted octanol–water partition coefficient (Wildman–Crippen LogP) is 3.96. The van der Waals surface area contributed by atoms with Gasteiger partial charge in [0.1, 0.15) is 0 Å². The summed E-state index contributed by atoms with van der Waals surface area (Å²) in [4.78, 5) is 3.91. The molecule has 0 bridgehead atoms. The van der Waals surface area contributed by atoms with Crippen LogP contribution in [0.15, 0.2) is 59.6 Å². The van der Waals surface area contributed by atoms with Crippen LogP contribution in [0.4, 0.5) is 0 Å². The standard InChI is InChI=1S/C14H11NS/c16-11-15-10-12-6-8-14(9-7-12)13-4-2-1-3-5-13/h1-9H,10H2. The Kier molecular flexibility index (Phi) is 3.60. The SMILES string of the molecule is S=C=NCc1ccc(-c2ccccc2)cc1. The van der Waals surface area contributed by atoms with Crippen molar-refractivity contribution in [1.29, 1.82) is 0 Å². The van der Waals surface area contributed by atoms with Crippen molar-refractivity contribution in [2.75, 3.05) is 0 Å². The van der Waals surface area contributed by atoms with Crippen LogP contribution in [0.2, 0.25) is 0 Å². The second-order valence-corrected chi connectivity index (χ2v) is 3.65. The predicted molar refractivity (Wildman–Crippen MR) is 70.6 cm³/mol. The summed E-state index contributed by atoms with van der Waals surface area (Å²) in [5.74, 6) is 0. The van der Waals surface area contributed by atoms with Crippen LogP contribution in [0.25, 0.3) is 11.1 Å². The molecule has 0 radical (unpaired) electrons. The van der Waals surface area contributed by atoms with Gasteiger partial charge in [-0.2, -0.15) is 0 Å². The molecule has 2 rings (SSSR count). The van der Waals surface area contributed by atoms with Gasteiger partial charge >= 0.3 is 0 Å². The number of rotatable bonds is 3. The van der Waals surface area contributed by atoms with E-state index < -0.39 is 0 Å². The van der Waals surface area contributed by atoms with Crippen LogP contribution in [-0.2, 0) is 6.54 Å². The van der Waals surface area contributed by atoms with Crippen molar-refractivity contribution in [3.05, 3.63) is 60.2 Å². The van der Waals surface area contributed by atoms with Crippen LogP contribution in [0.5, 0.6) is 0 Å². The Morgan fingerprint density at radius 3 is 2.12 bits per heavy atom. The van der Waals surface area contributed by atoms with Gasteiger partial charge in [0.2, 0.25) is 0 Å². The van der Waals surface area contributed by atoms with Crippen molar-refractivity contribution < 1.29 is 0 Å². The zero-order chi connectivity index (χ0) is 11.2. The zero-order valence-electron chi connectivity index (χ0n) is 8.76. The van der Waals surface area contributed by atoms with Crippen LogP contribution in [0.3, 0.4) is 0 Å². The molecule has 0 spiro atoms. The lowest BCUT2D eigenvalue weighted by Crippen LogP contribution is -1.82. The molecule has 0 saturated carbocycles. The van der Waals surface area contributed by atoms with Gasteiger partial charge in [-0.3, -0.25) is 0 Å². The van der Waals surface area contributed by atoms with Crippen LogP contribution >= 0.6 is 12.2 Å². The second-order valence-electron chi connectivity index (χ2n) is 3.47. The number of isothiocyanates is 1. The van der Waals surface area contributed by atoms with Gasteiger partial charge in [-0.1, -0.05) is 54.6 Å². The van der Waals surface area contributed by atoms with E-state index in [1.807, 2.05) is 18.2 Å². The minimum Gasteiger partial charge on any atom is -0.228 e. The van der Waals surface area contributed by atoms with Crippen LogP contribution in [0.1, 0.15) is 5.56 Å². The Morgan fingerprint density at radius 1 is 0.875 bits per heavy atom. The van der Waals surface area contributed by atoms with Crippen LogP contribution < -0.4 is 0 Å². The molecule has 0 saturated heterocycles. The summed E-state index contributed by atoms with van der Waals surface area (Å²) in [6, 6.07) is 18.6. The Morgan fingerprint density at radius 2 is 1.50 bits per heavy atom. The smallest absolute Gasteiger partial charge is 0.0743 e. The van der Waals surface area contributed by atoms with E-state index in [-0.39, 0.29) is 0 Å². The van der Waals surface area contributed by atoms with Gasteiger partial charge in [0, 0.05) is 0 Å². The molecule has 78 valence electrons. The minimum absolute atomic E-state index is 0.610. The van der Waals surface area contributed by atoms with E-state index in [2.05, 4.69) is 58.8 Å². The number of benzene rings is 2. The highest BCUT2D eigenvalue weighted by Gasteiger charge is 1.96. The first kappa shape index (κ1) is 10.7. The fraction of sp³-hybridized carbons (Fsp3) is 0.0714.